The molecule has 0 bridgehead atoms. The van der Waals surface area contributed by atoms with Gasteiger partial charge in [0.1, 0.15) is 5.01 Å². The van der Waals surface area contributed by atoms with Crippen molar-refractivity contribution in [2.75, 3.05) is 5.32 Å². The van der Waals surface area contributed by atoms with Crippen LogP contribution < -0.4 is 5.32 Å². The number of carbonyl (C=O) groups excluding carboxylic acids is 1. The van der Waals surface area contributed by atoms with E-state index in [9.17, 15) is 4.79 Å². The van der Waals surface area contributed by atoms with Crippen molar-refractivity contribution in [2.24, 2.45) is 0 Å². The molecule has 0 aliphatic carbocycles. The average molecular weight is 308 g/mol. The van der Waals surface area contributed by atoms with Crippen molar-refractivity contribution < 1.29 is 4.79 Å². The van der Waals surface area contributed by atoms with Gasteiger partial charge in [-0.25, -0.2) is 4.98 Å². The number of benzene rings is 2. The molecule has 0 saturated carbocycles. The standard InChI is InChI=1S/C18H16N2OS/c1-12-6-7-14(8-13(12)2)17-10-22-18(20-17)15-4-3-5-16(9-15)19-11-21/h3-11H,1-2H3,(H,19,21). The normalized spacial score (nSPS) is 10.5. The maximum Gasteiger partial charge on any atom is 0.211 e. The molecule has 0 saturated heterocycles. The Labute approximate surface area is 133 Å². The van der Waals surface area contributed by atoms with E-state index in [1.165, 1.54) is 11.1 Å². The molecule has 0 aliphatic heterocycles. The molecule has 22 heavy (non-hydrogen) atoms. The summed E-state index contributed by atoms with van der Waals surface area (Å²) in [7, 11) is 0. The Bertz CT molecular complexity index is 823. The van der Waals surface area contributed by atoms with E-state index < -0.39 is 0 Å². The van der Waals surface area contributed by atoms with Gasteiger partial charge in [-0.05, 0) is 43.2 Å². The Morgan fingerprint density at radius 2 is 1.91 bits per heavy atom. The van der Waals surface area contributed by atoms with Crippen LogP contribution in [-0.2, 0) is 4.79 Å². The number of thiazole rings is 1. The molecule has 0 radical (unpaired) electrons. The number of anilines is 1. The van der Waals surface area contributed by atoms with Crippen LogP contribution >= 0.6 is 11.3 Å². The number of amides is 1. The summed E-state index contributed by atoms with van der Waals surface area (Å²) in [6.45, 7) is 4.22. The fourth-order valence-electron chi connectivity index (χ4n) is 2.25. The first-order valence-corrected chi connectivity index (χ1v) is 7.89. The molecule has 0 fully saturated rings. The van der Waals surface area contributed by atoms with Crippen LogP contribution in [0.25, 0.3) is 21.8 Å². The number of carbonyl (C=O) groups is 1. The van der Waals surface area contributed by atoms with Crippen molar-refractivity contribution in [2.45, 2.75) is 13.8 Å². The lowest BCUT2D eigenvalue weighted by Crippen LogP contribution is -1.93. The maximum atomic E-state index is 10.5. The zero-order valence-corrected chi connectivity index (χ0v) is 13.3. The third-order valence-corrected chi connectivity index (χ3v) is 4.53. The third-order valence-electron chi connectivity index (χ3n) is 3.64. The molecule has 1 amide bonds. The van der Waals surface area contributed by atoms with E-state index in [1.54, 1.807) is 11.3 Å². The summed E-state index contributed by atoms with van der Waals surface area (Å²) in [4.78, 5) is 15.3. The second-order valence-corrected chi connectivity index (χ2v) is 6.04. The summed E-state index contributed by atoms with van der Waals surface area (Å²) < 4.78 is 0. The van der Waals surface area contributed by atoms with Gasteiger partial charge < -0.3 is 5.32 Å². The van der Waals surface area contributed by atoms with Gasteiger partial charge in [-0.1, -0.05) is 24.3 Å². The van der Waals surface area contributed by atoms with Gasteiger partial charge in [0.15, 0.2) is 0 Å². The van der Waals surface area contributed by atoms with E-state index >= 15 is 0 Å². The number of hydrogen-bond acceptors (Lipinski definition) is 3. The Balaban J connectivity index is 1.94. The minimum absolute atomic E-state index is 0.682. The first kappa shape index (κ1) is 14.5. The quantitative estimate of drug-likeness (QED) is 0.712. The average Bonchev–Trinajstić information content (AvgIpc) is 3.01. The molecule has 110 valence electrons. The van der Waals surface area contributed by atoms with E-state index in [1.807, 2.05) is 24.3 Å². The van der Waals surface area contributed by atoms with Crippen LogP contribution in [-0.4, -0.2) is 11.4 Å². The summed E-state index contributed by atoms with van der Waals surface area (Å²) in [5, 5.41) is 5.68. The summed E-state index contributed by atoms with van der Waals surface area (Å²) in [5.74, 6) is 0. The minimum atomic E-state index is 0.682. The van der Waals surface area contributed by atoms with Gasteiger partial charge in [0.25, 0.3) is 0 Å². The number of rotatable bonds is 4. The van der Waals surface area contributed by atoms with E-state index in [2.05, 4.69) is 42.7 Å². The van der Waals surface area contributed by atoms with E-state index in [0.717, 1.165) is 27.5 Å². The number of hydrogen-bond donors (Lipinski definition) is 1. The fourth-order valence-corrected chi connectivity index (χ4v) is 3.08. The van der Waals surface area contributed by atoms with Crippen LogP contribution in [0.3, 0.4) is 0 Å². The second-order valence-electron chi connectivity index (χ2n) is 5.18. The molecule has 1 aromatic heterocycles. The van der Waals surface area contributed by atoms with Crippen molar-refractivity contribution >= 4 is 23.4 Å². The Kier molecular flexibility index (Phi) is 4.02. The minimum Gasteiger partial charge on any atom is -0.329 e. The molecule has 4 heteroatoms. The molecule has 3 aromatic rings. The van der Waals surface area contributed by atoms with Crippen LogP contribution in [0.4, 0.5) is 5.69 Å². The van der Waals surface area contributed by atoms with Crippen LogP contribution in [0, 0.1) is 13.8 Å². The molecule has 3 nitrogen and oxygen atoms in total. The van der Waals surface area contributed by atoms with Crippen LogP contribution in [0.2, 0.25) is 0 Å². The van der Waals surface area contributed by atoms with Crippen molar-refractivity contribution in [3.63, 3.8) is 0 Å². The predicted molar refractivity (Wildman–Crippen MR) is 92.1 cm³/mol. The number of nitrogens with zero attached hydrogens (tertiary/aromatic N) is 1. The maximum absolute atomic E-state index is 10.5. The highest BCUT2D eigenvalue weighted by Gasteiger charge is 2.08. The Morgan fingerprint density at radius 3 is 2.68 bits per heavy atom. The summed E-state index contributed by atoms with van der Waals surface area (Å²) >= 11 is 1.61. The largest absolute Gasteiger partial charge is 0.329 e. The molecule has 1 N–H and O–H groups in total. The lowest BCUT2D eigenvalue weighted by Gasteiger charge is -2.03. The van der Waals surface area contributed by atoms with E-state index in [-0.39, 0.29) is 0 Å². The summed E-state index contributed by atoms with van der Waals surface area (Å²) in [5.41, 5.74) is 6.45. The topological polar surface area (TPSA) is 42.0 Å². The van der Waals surface area contributed by atoms with Crippen molar-refractivity contribution in [3.05, 3.63) is 59.0 Å². The van der Waals surface area contributed by atoms with Crippen LogP contribution in [0.15, 0.2) is 47.8 Å². The first-order valence-electron chi connectivity index (χ1n) is 7.01. The third kappa shape index (κ3) is 2.92. The van der Waals surface area contributed by atoms with Crippen molar-refractivity contribution in [3.8, 4) is 21.8 Å². The SMILES string of the molecule is Cc1ccc(-c2csc(-c3cccc(NC=O)c3)n2)cc1C. The van der Waals surface area contributed by atoms with Gasteiger partial charge in [-0.3, -0.25) is 4.79 Å². The highest BCUT2D eigenvalue weighted by molar-refractivity contribution is 7.13. The lowest BCUT2D eigenvalue weighted by atomic mass is 10.1. The Hall–Kier alpha value is -2.46. The van der Waals surface area contributed by atoms with Gasteiger partial charge in [0.2, 0.25) is 6.41 Å². The summed E-state index contributed by atoms with van der Waals surface area (Å²) in [6, 6.07) is 14.1. The first-order chi connectivity index (χ1) is 10.7. The highest BCUT2D eigenvalue weighted by atomic mass is 32.1. The monoisotopic (exact) mass is 308 g/mol. The second kappa shape index (κ2) is 6.12. The van der Waals surface area contributed by atoms with Crippen molar-refractivity contribution in [1.82, 2.24) is 4.98 Å². The van der Waals surface area contributed by atoms with Gasteiger partial charge in [-0.2, -0.15) is 0 Å². The van der Waals surface area contributed by atoms with Gasteiger partial charge in [0, 0.05) is 22.2 Å². The number of aromatic nitrogens is 1. The zero-order chi connectivity index (χ0) is 15.5. The number of aryl methyl sites for hydroxylation is 2. The molecule has 3 rings (SSSR count). The summed E-state index contributed by atoms with van der Waals surface area (Å²) in [6.07, 6.45) is 0.682. The molecular weight excluding hydrogens is 292 g/mol. The number of nitrogens with one attached hydrogen (secondary N) is 1. The van der Waals surface area contributed by atoms with Gasteiger partial charge in [-0.15, -0.1) is 11.3 Å². The van der Waals surface area contributed by atoms with Gasteiger partial charge in [0.05, 0.1) is 5.69 Å². The molecule has 0 atom stereocenters. The predicted octanol–water partition coefficient (Wildman–Crippen LogP) is 4.66. The molecular formula is C18H16N2OS. The molecule has 2 aromatic carbocycles. The van der Waals surface area contributed by atoms with E-state index in [0.29, 0.717) is 6.41 Å². The smallest absolute Gasteiger partial charge is 0.211 e. The van der Waals surface area contributed by atoms with Crippen LogP contribution in [0.5, 0.6) is 0 Å². The molecule has 0 spiro atoms. The van der Waals surface area contributed by atoms with Gasteiger partial charge >= 0.3 is 0 Å². The Morgan fingerprint density at radius 1 is 1.05 bits per heavy atom. The zero-order valence-electron chi connectivity index (χ0n) is 12.5. The van der Waals surface area contributed by atoms with E-state index in [4.69, 9.17) is 4.98 Å². The molecule has 0 aliphatic rings. The lowest BCUT2D eigenvalue weighted by molar-refractivity contribution is -0.105. The highest BCUT2D eigenvalue weighted by Crippen LogP contribution is 2.30. The molecule has 0 unspecified atom stereocenters. The fraction of sp³-hybridized carbons (Fsp3) is 0.111. The van der Waals surface area contributed by atoms with Crippen molar-refractivity contribution in [1.29, 1.82) is 0 Å². The molecule has 1 heterocycles. The van der Waals surface area contributed by atoms with Crippen LogP contribution in [0.1, 0.15) is 11.1 Å².